The lowest BCUT2D eigenvalue weighted by molar-refractivity contribution is 0.0144. The van der Waals surface area contributed by atoms with Crippen molar-refractivity contribution in [3.63, 3.8) is 0 Å². The van der Waals surface area contributed by atoms with E-state index in [-0.39, 0.29) is 17.9 Å². The average molecular weight is 393 g/mol. The summed E-state index contributed by atoms with van der Waals surface area (Å²) >= 11 is 0. The fraction of sp³-hybridized carbons (Fsp3) is 0.478. The summed E-state index contributed by atoms with van der Waals surface area (Å²) in [6, 6.07) is 8.34. The lowest BCUT2D eigenvalue weighted by Crippen LogP contribution is -2.29. The van der Waals surface area contributed by atoms with E-state index in [2.05, 4.69) is 32.8 Å². The van der Waals surface area contributed by atoms with E-state index in [0.29, 0.717) is 6.42 Å². The summed E-state index contributed by atoms with van der Waals surface area (Å²) in [4.78, 5) is 8.78. The second-order valence-electron chi connectivity index (χ2n) is 8.59. The summed E-state index contributed by atoms with van der Waals surface area (Å²) in [5, 5.41) is 26.8. The van der Waals surface area contributed by atoms with Crippen LogP contribution in [0.4, 0.5) is 0 Å². The molecule has 3 heterocycles. The molecule has 1 aliphatic carbocycles. The van der Waals surface area contributed by atoms with Crippen molar-refractivity contribution < 1.29 is 10.2 Å². The Hall–Kier alpha value is -2.28. The molecule has 0 amide bonds. The molecule has 3 aromatic rings. The molecule has 6 nitrogen and oxygen atoms in total. The number of benzene rings is 1. The molecule has 1 saturated carbocycles. The minimum Gasteiger partial charge on any atom is -0.392 e. The number of nitrogens with one attached hydrogen (secondary N) is 1. The number of nitrogens with zero attached hydrogens (tertiary/aromatic N) is 3. The summed E-state index contributed by atoms with van der Waals surface area (Å²) in [7, 11) is 0. The second-order valence-corrected chi connectivity index (χ2v) is 8.59. The largest absolute Gasteiger partial charge is 0.392 e. The Morgan fingerprint density at radius 1 is 1.24 bits per heavy atom. The van der Waals surface area contributed by atoms with Gasteiger partial charge in [0.05, 0.1) is 17.9 Å². The van der Waals surface area contributed by atoms with Crippen molar-refractivity contribution in [2.75, 3.05) is 6.54 Å². The average Bonchev–Trinajstić information content (AvgIpc) is 3.29. The zero-order valence-electron chi connectivity index (χ0n) is 16.9. The first-order chi connectivity index (χ1) is 14.1. The Morgan fingerprint density at radius 2 is 2.10 bits per heavy atom. The van der Waals surface area contributed by atoms with Gasteiger partial charge in [-0.3, -0.25) is 0 Å². The molecule has 0 radical (unpaired) electrons. The van der Waals surface area contributed by atoms with E-state index in [9.17, 15) is 10.2 Å². The molecular weight excluding hydrogens is 364 g/mol. The molecule has 6 heteroatoms. The van der Waals surface area contributed by atoms with E-state index in [0.717, 1.165) is 41.8 Å². The van der Waals surface area contributed by atoms with Crippen LogP contribution in [-0.2, 0) is 13.0 Å². The van der Waals surface area contributed by atoms with E-state index in [4.69, 9.17) is 0 Å². The van der Waals surface area contributed by atoms with Crippen molar-refractivity contribution in [3.8, 4) is 0 Å². The first-order valence-electron chi connectivity index (χ1n) is 10.5. The SMILES string of the molecule is Cc1ncnc2c1ccn2[C@@H]1C[C@H]([C@@H](O)c2cccc3c2CNCC3)[C@@H](O)[C@H]1C. The van der Waals surface area contributed by atoms with Crippen molar-refractivity contribution in [1.82, 2.24) is 19.9 Å². The normalized spacial score (nSPS) is 27.9. The fourth-order valence-electron chi connectivity index (χ4n) is 5.35. The van der Waals surface area contributed by atoms with Crippen LogP contribution in [0.25, 0.3) is 11.0 Å². The van der Waals surface area contributed by atoms with Crippen LogP contribution in [-0.4, -0.2) is 37.4 Å². The van der Waals surface area contributed by atoms with Gasteiger partial charge in [0.1, 0.15) is 12.0 Å². The van der Waals surface area contributed by atoms with Crippen LogP contribution >= 0.6 is 0 Å². The summed E-state index contributed by atoms with van der Waals surface area (Å²) in [6.45, 7) is 5.81. The third-order valence-corrected chi connectivity index (χ3v) is 7.07. The van der Waals surface area contributed by atoms with Gasteiger partial charge in [-0.15, -0.1) is 0 Å². The number of fused-ring (bicyclic) bond motifs is 2. The monoisotopic (exact) mass is 392 g/mol. The van der Waals surface area contributed by atoms with Crippen LogP contribution in [0, 0.1) is 18.8 Å². The van der Waals surface area contributed by atoms with Crippen molar-refractivity contribution in [2.24, 2.45) is 11.8 Å². The Bertz CT molecular complexity index is 1050. The Labute approximate surface area is 170 Å². The van der Waals surface area contributed by atoms with Gasteiger partial charge < -0.3 is 20.1 Å². The predicted octanol–water partition coefficient (Wildman–Crippen LogP) is 2.68. The summed E-state index contributed by atoms with van der Waals surface area (Å²) in [6.07, 6.45) is 4.10. The van der Waals surface area contributed by atoms with Gasteiger partial charge in [-0.25, -0.2) is 9.97 Å². The molecule has 1 aliphatic heterocycles. The zero-order valence-corrected chi connectivity index (χ0v) is 16.9. The third-order valence-electron chi connectivity index (χ3n) is 7.07. The highest BCUT2D eigenvalue weighted by atomic mass is 16.3. The zero-order chi connectivity index (χ0) is 20.1. The Balaban J connectivity index is 1.48. The lowest BCUT2D eigenvalue weighted by atomic mass is 9.86. The van der Waals surface area contributed by atoms with Crippen LogP contribution in [0.5, 0.6) is 0 Å². The molecular formula is C23H28N4O2. The van der Waals surface area contributed by atoms with Crippen molar-refractivity contribution in [3.05, 3.63) is 59.2 Å². The highest BCUT2D eigenvalue weighted by molar-refractivity contribution is 5.78. The third kappa shape index (κ3) is 2.98. The highest BCUT2D eigenvalue weighted by Crippen LogP contribution is 2.47. The number of aliphatic hydroxyl groups is 2. The molecule has 0 bridgehead atoms. The molecule has 5 rings (SSSR count). The van der Waals surface area contributed by atoms with Crippen LogP contribution in [0.15, 0.2) is 36.8 Å². The molecule has 152 valence electrons. The van der Waals surface area contributed by atoms with Crippen LogP contribution < -0.4 is 5.32 Å². The topological polar surface area (TPSA) is 83.2 Å². The van der Waals surface area contributed by atoms with Gasteiger partial charge in [0.15, 0.2) is 0 Å². The molecule has 1 aromatic carbocycles. The molecule has 0 spiro atoms. The summed E-state index contributed by atoms with van der Waals surface area (Å²) < 4.78 is 2.16. The first kappa shape index (κ1) is 18.7. The minimum atomic E-state index is -0.675. The number of hydrogen-bond acceptors (Lipinski definition) is 5. The number of rotatable bonds is 3. The second kappa shape index (κ2) is 7.20. The van der Waals surface area contributed by atoms with Crippen molar-refractivity contribution in [2.45, 2.75) is 51.5 Å². The smallest absolute Gasteiger partial charge is 0.143 e. The summed E-state index contributed by atoms with van der Waals surface area (Å²) in [5.74, 6) is -0.179. The molecule has 5 atom stereocenters. The van der Waals surface area contributed by atoms with E-state index in [1.807, 2.05) is 31.3 Å². The van der Waals surface area contributed by atoms with Gasteiger partial charge in [-0.2, -0.15) is 0 Å². The maximum Gasteiger partial charge on any atom is 0.143 e. The molecule has 0 saturated heterocycles. The molecule has 29 heavy (non-hydrogen) atoms. The van der Waals surface area contributed by atoms with Gasteiger partial charge in [0, 0.05) is 36.0 Å². The van der Waals surface area contributed by atoms with Gasteiger partial charge >= 0.3 is 0 Å². The van der Waals surface area contributed by atoms with Crippen LogP contribution in [0.3, 0.4) is 0 Å². The maximum absolute atomic E-state index is 11.3. The van der Waals surface area contributed by atoms with Gasteiger partial charge in [0.25, 0.3) is 0 Å². The van der Waals surface area contributed by atoms with Crippen LogP contribution in [0.2, 0.25) is 0 Å². The van der Waals surface area contributed by atoms with Crippen LogP contribution in [0.1, 0.15) is 47.9 Å². The van der Waals surface area contributed by atoms with E-state index in [1.54, 1.807) is 6.33 Å². The molecule has 1 fully saturated rings. The number of aromatic nitrogens is 3. The van der Waals surface area contributed by atoms with E-state index < -0.39 is 12.2 Å². The predicted molar refractivity (Wildman–Crippen MR) is 111 cm³/mol. The fourth-order valence-corrected chi connectivity index (χ4v) is 5.35. The van der Waals surface area contributed by atoms with Crippen molar-refractivity contribution >= 4 is 11.0 Å². The number of aliphatic hydroxyl groups excluding tert-OH is 2. The first-order valence-corrected chi connectivity index (χ1v) is 10.5. The van der Waals surface area contributed by atoms with E-state index >= 15 is 0 Å². The Kier molecular flexibility index (Phi) is 4.65. The highest BCUT2D eigenvalue weighted by Gasteiger charge is 2.45. The number of aryl methyl sites for hydroxylation is 1. The standard InChI is InChI=1S/C23H28N4O2/c1-13-20(27-9-7-16-14(2)25-12-26-23(16)27)10-18(21(13)28)22(29)17-5-3-4-15-6-8-24-11-19(15)17/h3-5,7,9,12-13,18,20-22,24,28-29H,6,8,10-11H2,1-2H3/t13-,18-,20+,21-,22-/m0/s1. The quantitative estimate of drug-likeness (QED) is 0.638. The molecule has 2 aliphatic rings. The van der Waals surface area contributed by atoms with E-state index in [1.165, 1.54) is 11.1 Å². The van der Waals surface area contributed by atoms with Gasteiger partial charge in [0.2, 0.25) is 0 Å². The van der Waals surface area contributed by atoms with Gasteiger partial charge in [-0.1, -0.05) is 25.1 Å². The molecule has 0 unspecified atom stereocenters. The molecule has 2 aromatic heterocycles. The minimum absolute atomic E-state index is 0.0261. The van der Waals surface area contributed by atoms with Gasteiger partial charge in [-0.05, 0) is 49.1 Å². The molecule has 3 N–H and O–H groups in total. The summed E-state index contributed by atoms with van der Waals surface area (Å²) in [5.41, 5.74) is 5.32. The number of hydrogen-bond donors (Lipinski definition) is 3. The lowest BCUT2D eigenvalue weighted by Gasteiger charge is -2.27. The Morgan fingerprint density at radius 3 is 2.97 bits per heavy atom. The maximum atomic E-state index is 11.3. The van der Waals surface area contributed by atoms with Crippen molar-refractivity contribution in [1.29, 1.82) is 0 Å².